The van der Waals surface area contributed by atoms with Crippen LogP contribution in [-0.4, -0.2) is 11.2 Å². The highest BCUT2D eigenvalue weighted by Gasteiger charge is 2.25. The van der Waals surface area contributed by atoms with E-state index < -0.39 is 0 Å². The van der Waals surface area contributed by atoms with E-state index in [1.54, 1.807) is 11.8 Å². The summed E-state index contributed by atoms with van der Waals surface area (Å²) in [4.78, 5) is 12.8. The molecule has 2 rings (SSSR count). The van der Waals surface area contributed by atoms with Gasteiger partial charge in [-0.05, 0) is 24.5 Å². The van der Waals surface area contributed by atoms with Crippen molar-refractivity contribution in [2.45, 2.75) is 36.8 Å². The van der Waals surface area contributed by atoms with E-state index in [9.17, 15) is 4.79 Å². The van der Waals surface area contributed by atoms with Gasteiger partial charge in [-0.2, -0.15) is 0 Å². The number of anilines is 1. The lowest BCUT2D eigenvalue weighted by Crippen LogP contribution is -2.27. The highest BCUT2D eigenvalue weighted by Crippen LogP contribution is 2.39. The molecule has 1 atom stereocenters. The fourth-order valence-corrected chi connectivity index (χ4v) is 2.72. The molecule has 15 heavy (non-hydrogen) atoms. The Kier molecular flexibility index (Phi) is 2.74. The first-order valence-electron chi connectivity index (χ1n) is 5.20. The Morgan fingerprint density at radius 3 is 2.80 bits per heavy atom. The summed E-state index contributed by atoms with van der Waals surface area (Å²) in [6, 6.07) is 6.22. The average molecular weight is 221 g/mol. The maximum Gasteiger partial charge on any atom is 0.237 e. The van der Waals surface area contributed by atoms with Gasteiger partial charge in [-0.1, -0.05) is 26.0 Å². The number of carbonyl (C=O) groups excluding carboxylic acids is 1. The maximum absolute atomic E-state index is 11.6. The number of nitrogens with one attached hydrogen (secondary N) is 1. The summed E-state index contributed by atoms with van der Waals surface area (Å²) in [6.07, 6.45) is 0. The molecular weight excluding hydrogens is 206 g/mol. The summed E-state index contributed by atoms with van der Waals surface area (Å²) in [6.45, 7) is 6.22. The number of para-hydroxylation sites is 1. The molecule has 1 aliphatic rings. The Morgan fingerprint density at radius 1 is 1.40 bits per heavy atom. The van der Waals surface area contributed by atoms with Gasteiger partial charge in [0, 0.05) is 4.90 Å². The van der Waals surface area contributed by atoms with Crippen LogP contribution in [0.25, 0.3) is 0 Å². The van der Waals surface area contributed by atoms with Crippen molar-refractivity contribution in [1.29, 1.82) is 0 Å². The molecule has 80 valence electrons. The standard InChI is InChI=1S/C12H15NOS/c1-7(2)9-5-4-6-10-11(9)13-12(14)8(3)15-10/h4-8H,1-3H3,(H,13,14). The number of thioether (sulfide) groups is 1. The number of hydrogen-bond acceptors (Lipinski definition) is 2. The number of fused-ring (bicyclic) bond motifs is 1. The molecular formula is C12H15NOS. The van der Waals surface area contributed by atoms with E-state index in [0.717, 1.165) is 5.69 Å². The summed E-state index contributed by atoms with van der Waals surface area (Å²) in [5, 5.41) is 3.01. The van der Waals surface area contributed by atoms with Gasteiger partial charge < -0.3 is 5.32 Å². The van der Waals surface area contributed by atoms with Crippen molar-refractivity contribution in [2.24, 2.45) is 0 Å². The summed E-state index contributed by atoms with van der Waals surface area (Å²) in [7, 11) is 0. The minimum atomic E-state index is 0.0138. The number of benzene rings is 1. The first-order chi connectivity index (χ1) is 7.09. The van der Waals surface area contributed by atoms with E-state index in [2.05, 4.69) is 37.4 Å². The summed E-state index contributed by atoms with van der Waals surface area (Å²) >= 11 is 1.64. The van der Waals surface area contributed by atoms with Crippen LogP contribution in [0.4, 0.5) is 5.69 Å². The topological polar surface area (TPSA) is 29.1 Å². The highest BCUT2D eigenvalue weighted by molar-refractivity contribution is 8.00. The fourth-order valence-electron chi connectivity index (χ4n) is 1.73. The van der Waals surface area contributed by atoms with Crippen LogP contribution in [0.15, 0.2) is 23.1 Å². The Balaban J connectivity index is 2.48. The van der Waals surface area contributed by atoms with Crippen molar-refractivity contribution in [3.63, 3.8) is 0 Å². The Bertz CT molecular complexity index is 401. The molecule has 1 aromatic rings. The van der Waals surface area contributed by atoms with Gasteiger partial charge in [0.05, 0.1) is 10.9 Å². The smallest absolute Gasteiger partial charge is 0.237 e. The van der Waals surface area contributed by atoms with Crippen LogP contribution in [-0.2, 0) is 4.79 Å². The van der Waals surface area contributed by atoms with E-state index in [0.29, 0.717) is 5.92 Å². The Hall–Kier alpha value is -0.960. The van der Waals surface area contributed by atoms with Crippen LogP contribution in [0.3, 0.4) is 0 Å². The van der Waals surface area contributed by atoms with Gasteiger partial charge in [0.2, 0.25) is 5.91 Å². The van der Waals surface area contributed by atoms with Crippen LogP contribution in [0.2, 0.25) is 0 Å². The fraction of sp³-hybridized carbons (Fsp3) is 0.417. The van der Waals surface area contributed by atoms with E-state index in [1.165, 1.54) is 10.5 Å². The van der Waals surface area contributed by atoms with Gasteiger partial charge in [-0.15, -0.1) is 11.8 Å². The monoisotopic (exact) mass is 221 g/mol. The second-order valence-electron chi connectivity index (χ2n) is 4.12. The van der Waals surface area contributed by atoms with Gasteiger partial charge >= 0.3 is 0 Å². The zero-order valence-corrected chi connectivity index (χ0v) is 10.0. The minimum Gasteiger partial charge on any atom is -0.324 e. The molecule has 1 aliphatic heterocycles. The summed E-state index contributed by atoms with van der Waals surface area (Å²) < 4.78 is 0. The Labute approximate surface area is 94.4 Å². The third-order valence-corrected chi connectivity index (χ3v) is 3.76. The van der Waals surface area contributed by atoms with Crippen molar-refractivity contribution in [2.75, 3.05) is 5.32 Å². The number of rotatable bonds is 1. The van der Waals surface area contributed by atoms with E-state index in [-0.39, 0.29) is 11.2 Å². The molecule has 0 radical (unpaired) electrons. The van der Waals surface area contributed by atoms with Gasteiger partial charge in [0.25, 0.3) is 0 Å². The molecule has 1 heterocycles. The first-order valence-corrected chi connectivity index (χ1v) is 6.08. The molecule has 0 saturated carbocycles. The quantitative estimate of drug-likeness (QED) is 0.788. The van der Waals surface area contributed by atoms with Crippen molar-refractivity contribution in [3.05, 3.63) is 23.8 Å². The summed E-state index contributed by atoms with van der Waals surface area (Å²) in [5.74, 6) is 0.551. The minimum absolute atomic E-state index is 0.0138. The molecule has 1 unspecified atom stereocenters. The average Bonchev–Trinajstić information content (AvgIpc) is 2.18. The number of amides is 1. The number of carbonyl (C=O) groups is 1. The molecule has 0 spiro atoms. The van der Waals surface area contributed by atoms with Gasteiger partial charge in [-0.25, -0.2) is 0 Å². The summed E-state index contributed by atoms with van der Waals surface area (Å²) in [5.41, 5.74) is 2.24. The normalized spacial score (nSPS) is 20.0. The largest absolute Gasteiger partial charge is 0.324 e. The molecule has 0 aliphatic carbocycles. The molecule has 1 amide bonds. The highest BCUT2D eigenvalue weighted by atomic mass is 32.2. The van der Waals surface area contributed by atoms with E-state index in [1.807, 2.05) is 6.92 Å². The molecule has 1 aromatic carbocycles. The molecule has 1 N–H and O–H groups in total. The van der Waals surface area contributed by atoms with Crippen molar-refractivity contribution < 1.29 is 4.79 Å². The van der Waals surface area contributed by atoms with E-state index >= 15 is 0 Å². The molecule has 0 saturated heterocycles. The molecule has 0 bridgehead atoms. The van der Waals surface area contributed by atoms with Crippen LogP contribution < -0.4 is 5.32 Å². The van der Waals surface area contributed by atoms with Gasteiger partial charge in [-0.3, -0.25) is 4.79 Å². The molecule has 3 heteroatoms. The predicted molar refractivity (Wildman–Crippen MR) is 64.5 cm³/mol. The predicted octanol–water partition coefficient (Wildman–Crippen LogP) is 3.24. The van der Waals surface area contributed by atoms with Crippen LogP contribution in [0.1, 0.15) is 32.3 Å². The zero-order chi connectivity index (χ0) is 11.0. The SMILES string of the molecule is CC1Sc2cccc(C(C)C)c2NC1=O. The second kappa shape index (κ2) is 3.89. The Morgan fingerprint density at radius 2 is 2.13 bits per heavy atom. The zero-order valence-electron chi connectivity index (χ0n) is 9.20. The van der Waals surface area contributed by atoms with Crippen LogP contribution >= 0.6 is 11.8 Å². The van der Waals surface area contributed by atoms with Gasteiger partial charge in [0.15, 0.2) is 0 Å². The van der Waals surface area contributed by atoms with Crippen LogP contribution in [0, 0.1) is 0 Å². The van der Waals surface area contributed by atoms with Crippen molar-refractivity contribution >= 4 is 23.4 Å². The molecule has 2 nitrogen and oxygen atoms in total. The third kappa shape index (κ3) is 1.88. The van der Waals surface area contributed by atoms with Crippen LogP contribution in [0.5, 0.6) is 0 Å². The second-order valence-corrected chi connectivity index (χ2v) is 5.51. The van der Waals surface area contributed by atoms with Crippen molar-refractivity contribution in [3.8, 4) is 0 Å². The van der Waals surface area contributed by atoms with E-state index in [4.69, 9.17) is 0 Å². The lowest BCUT2D eigenvalue weighted by molar-refractivity contribution is -0.115. The lowest BCUT2D eigenvalue weighted by atomic mass is 10.0. The molecule has 0 fully saturated rings. The lowest BCUT2D eigenvalue weighted by Gasteiger charge is -2.24. The maximum atomic E-state index is 11.6. The van der Waals surface area contributed by atoms with Crippen molar-refractivity contribution in [1.82, 2.24) is 0 Å². The first kappa shape index (κ1) is 10.6. The number of hydrogen-bond donors (Lipinski definition) is 1. The van der Waals surface area contributed by atoms with Gasteiger partial charge in [0.1, 0.15) is 0 Å². The molecule has 0 aromatic heterocycles. The third-order valence-electron chi connectivity index (χ3n) is 2.60.